The molecule has 0 aliphatic heterocycles. The van der Waals surface area contributed by atoms with Gasteiger partial charge in [0.15, 0.2) is 11.5 Å². The number of nitrogens with one attached hydrogen (secondary N) is 2. The molecule has 0 bridgehead atoms. The van der Waals surface area contributed by atoms with Crippen molar-refractivity contribution < 1.29 is 22.7 Å². The van der Waals surface area contributed by atoms with Crippen LogP contribution < -0.4 is 19.5 Å². The molecule has 0 saturated carbocycles. The zero-order chi connectivity index (χ0) is 24.0. The molecule has 3 aromatic rings. The van der Waals surface area contributed by atoms with Gasteiger partial charge in [0.05, 0.1) is 24.4 Å². The number of sulfonamides is 1. The standard InChI is InChI=1S/C24H25ClN2O5S/c1-16-7-6-8-20(17(16)2)27-33(29,30)23-15-18(11-12-19(23)25)24(28)26-13-14-32-22-10-5-4-9-21(22)31-3/h4-12,15,27H,13-14H2,1-3H3,(H,26,28). The van der Waals surface area contributed by atoms with Crippen molar-refractivity contribution in [3.63, 3.8) is 0 Å². The maximum absolute atomic E-state index is 13.0. The van der Waals surface area contributed by atoms with Gasteiger partial charge < -0.3 is 14.8 Å². The van der Waals surface area contributed by atoms with Crippen molar-refractivity contribution >= 4 is 33.2 Å². The van der Waals surface area contributed by atoms with Crippen molar-refractivity contribution in [3.05, 3.63) is 82.4 Å². The zero-order valence-electron chi connectivity index (χ0n) is 18.5. The number of carbonyl (C=O) groups is 1. The molecule has 2 N–H and O–H groups in total. The van der Waals surface area contributed by atoms with Crippen LogP contribution in [0.1, 0.15) is 21.5 Å². The van der Waals surface area contributed by atoms with Crippen molar-refractivity contribution in [2.75, 3.05) is 25.0 Å². The van der Waals surface area contributed by atoms with Crippen molar-refractivity contribution in [3.8, 4) is 11.5 Å². The van der Waals surface area contributed by atoms with Crippen LogP contribution in [0.2, 0.25) is 5.02 Å². The molecule has 0 radical (unpaired) electrons. The first-order valence-corrected chi connectivity index (χ1v) is 12.0. The number of anilines is 1. The number of halogens is 1. The van der Waals surface area contributed by atoms with Gasteiger partial charge in [0, 0.05) is 5.56 Å². The van der Waals surface area contributed by atoms with Gasteiger partial charge in [-0.3, -0.25) is 9.52 Å². The first-order valence-electron chi connectivity index (χ1n) is 10.2. The fraction of sp³-hybridized carbons (Fsp3) is 0.208. The highest BCUT2D eigenvalue weighted by atomic mass is 35.5. The van der Waals surface area contributed by atoms with Crippen LogP contribution in [0, 0.1) is 13.8 Å². The minimum absolute atomic E-state index is 0.0175. The molecule has 0 spiro atoms. The normalized spacial score (nSPS) is 11.0. The quantitative estimate of drug-likeness (QED) is 0.430. The second-order valence-corrected chi connectivity index (χ2v) is 9.31. The van der Waals surface area contributed by atoms with Crippen molar-refractivity contribution in [1.82, 2.24) is 5.32 Å². The van der Waals surface area contributed by atoms with E-state index in [1.54, 1.807) is 31.4 Å². The summed E-state index contributed by atoms with van der Waals surface area (Å²) < 4.78 is 39.4. The first kappa shape index (κ1) is 24.4. The molecule has 3 aromatic carbocycles. The molecule has 33 heavy (non-hydrogen) atoms. The Morgan fingerprint density at radius 3 is 2.45 bits per heavy atom. The Morgan fingerprint density at radius 2 is 1.73 bits per heavy atom. The second kappa shape index (κ2) is 10.6. The van der Waals surface area contributed by atoms with Crippen molar-refractivity contribution in [2.45, 2.75) is 18.7 Å². The molecule has 0 fully saturated rings. The maximum atomic E-state index is 13.0. The summed E-state index contributed by atoms with van der Waals surface area (Å²) in [7, 11) is -2.46. The molecule has 0 saturated heterocycles. The molecule has 0 aliphatic rings. The number of carbonyl (C=O) groups excluding carboxylic acids is 1. The molecule has 3 rings (SSSR count). The number of hydrogen-bond acceptors (Lipinski definition) is 5. The van der Waals surface area contributed by atoms with Crippen molar-refractivity contribution in [2.24, 2.45) is 0 Å². The topological polar surface area (TPSA) is 93.7 Å². The SMILES string of the molecule is COc1ccccc1OCCNC(=O)c1ccc(Cl)c(S(=O)(=O)Nc2cccc(C)c2C)c1. The summed E-state index contributed by atoms with van der Waals surface area (Å²) in [5.74, 6) is 0.706. The predicted octanol–water partition coefficient (Wildman–Crippen LogP) is 4.58. The van der Waals surface area contributed by atoms with Gasteiger partial charge >= 0.3 is 0 Å². The smallest absolute Gasteiger partial charge is 0.263 e. The van der Waals surface area contributed by atoms with Crippen LogP contribution in [0.3, 0.4) is 0 Å². The van der Waals surface area contributed by atoms with Gasteiger partial charge in [-0.15, -0.1) is 0 Å². The summed E-state index contributed by atoms with van der Waals surface area (Å²) in [5, 5.41) is 2.73. The first-order chi connectivity index (χ1) is 15.7. The highest BCUT2D eigenvalue weighted by Gasteiger charge is 2.21. The summed E-state index contributed by atoms with van der Waals surface area (Å²) in [4.78, 5) is 12.4. The van der Waals surface area contributed by atoms with E-state index in [0.717, 1.165) is 11.1 Å². The largest absolute Gasteiger partial charge is 0.493 e. The second-order valence-electron chi connectivity index (χ2n) is 7.25. The fourth-order valence-electron chi connectivity index (χ4n) is 3.08. The van der Waals surface area contributed by atoms with Crippen LogP contribution in [0.4, 0.5) is 5.69 Å². The van der Waals surface area contributed by atoms with E-state index in [0.29, 0.717) is 17.2 Å². The lowest BCUT2D eigenvalue weighted by atomic mass is 10.1. The van der Waals surface area contributed by atoms with Gasteiger partial charge in [-0.2, -0.15) is 0 Å². The highest BCUT2D eigenvalue weighted by Crippen LogP contribution is 2.27. The monoisotopic (exact) mass is 488 g/mol. The summed E-state index contributed by atoms with van der Waals surface area (Å²) in [6.07, 6.45) is 0. The van der Waals surface area contributed by atoms with Crippen LogP contribution in [0.15, 0.2) is 65.6 Å². The number of amides is 1. The number of hydrogen-bond donors (Lipinski definition) is 2. The van der Waals surface area contributed by atoms with Crippen LogP contribution in [0.5, 0.6) is 11.5 Å². The van der Waals surface area contributed by atoms with E-state index >= 15 is 0 Å². The third-order valence-corrected chi connectivity index (χ3v) is 6.89. The Balaban J connectivity index is 1.68. The minimum Gasteiger partial charge on any atom is -0.493 e. The van der Waals surface area contributed by atoms with Gasteiger partial charge in [-0.05, 0) is 61.4 Å². The van der Waals surface area contributed by atoms with Gasteiger partial charge in [0.2, 0.25) is 0 Å². The average Bonchev–Trinajstić information content (AvgIpc) is 2.80. The lowest BCUT2D eigenvalue weighted by Crippen LogP contribution is -2.28. The van der Waals surface area contributed by atoms with E-state index in [1.807, 2.05) is 32.0 Å². The van der Waals surface area contributed by atoms with Gasteiger partial charge in [0.1, 0.15) is 11.5 Å². The maximum Gasteiger partial charge on any atom is 0.263 e. The van der Waals surface area contributed by atoms with Crippen LogP contribution in [-0.4, -0.2) is 34.6 Å². The number of aryl methyl sites for hydroxylation is 1. The lowest BCUT2D eigenvalue weighted by Gasteiger charge is -2.14. The average molecular weight is 489 g/mol. The van der Waals surface area contributed by atoms with E-state index in [2.05, 4.69) is 10.0 Å². The number of ether oxygens (including phenoxy) is 2. The Labute approximate surface area is 198 Å². The van der Waals surface area contributed by atoms with Crippen molar-refractivity contribution in [1.29, 1.82) is 0 Å². The van der Waals surface area contributed by atoms with Gasteiger partial charge in [-0.25, -0.2) is 8.42 Å². The predicted molar refractivity (Wildman–Crippen MR) is 129 cm³/mol. The molecule has 0 aliphatic carbocycles. The number of rotatable bonds is 9. The fourth-order valence-corrected chi connectivity index (χ4v) is 4.73. The molecule has 174 valence electrons. The number of para-hydroxylation sites is 2. The van der Waals surface area contributed by atoms with E-state index in [-0.39, 0.29) is 28.6 Å². The summed E-state index contributed by atoms with van der Waals surface area (Å²) >= 11 is 6.16. The molecule has 9 heteroatoms. The Hall–Kier alpha value is -3.23. The molecule has 7 nitrogen and oxygen atoms in total. The summed E-state index contributed by atoms with van der Waals surface area (Å²) in [6, 6.07) is 16.6. The third-order valence-electron chi connectivity index (χ3n) is 5.05. The van der Waals surface area contributed by atoms with Gasteiger partial charge in [0.25, 0.3) is 15.9 Å². The van der Waals surface area contributed by atoms with E-state index < -0.39 is 15.9 Å². The van der Waals surface area contributed by atoms with Crippen LogP contribution >= 0.6 is 11.6 Å². The lowest BCUT2D eigenvalue weighted by molar-refractivity contribution is 0.0946. The third kappa shape index (κ3) is 5.97. The van der Waals surface area contributed by atoms with E-state index in [4.69, 9.17) is 21.1 Å². The number of methoxy groups -OCH3 is 1. The summed E-state index contributed by atoms with van der Waals surface area (Å²) in [5.41, 5.74) is 2.37. The zero-order valence-corrected chi connectivity index (χ0v) is 20.1. The molecular formula is C24H25ClN2O5S. The Bertz CT molecular complexity index is 1260. The van der Waals surface area contributed by atoms with Gasteiger partial charge in [-0.1, -0.05) is 35.9 Å². The highest BCUT2D eigenvalue weighted by molar-refractivity contribution is 7.92. The van der Waals surface area contributed by atoms with Crippen LogP contribution in [-0.2, 0) is 10.0 Å². The van der Waals surface area contributed by atoms with E-state index in [1.165, 1.54) is 18.2 Å². The number of benzene rings is 3. The molecule has 1 amide bonds. The minimum atomic E-state index is -4.01. The van der Waals surface area contributed by atoms with Crippen LogP contribution in [0.25, 0.3) is 0 Å². The molecular weight excluding hydrogens is 464 g/mol. The molecule has 0 atom stereocenters. The Kier molecular flexibility index (Phi) is 7.84. The molecule has 0 unspecified atom stereocenters. The molecule has 0 aromatic heterocycles. The van der Waals surface area contributed by atoms with E-state index in [9.17, 15) is 13.2 Å². The Morgan fingerprint density at radius 1 is 1.00 bits per heavy atom. The molecule has 0 heterocycles. The summed E-state index contributed by atoms with van der Waals surface area (Å²) in [6.45, 7) is 4.13.